The lowest BCUT2D eigenvalue weighted by Crippen LogP contribution is -2.55. The van der Waals surface area contributed by atoms with Gasteiger partial charge < -0.3 is 14.9 Å². The van der Waals surface area contributed by atoms with Gasteiger partial charge in [0.25, 0.3) is 0 Å². The van der Waals surface area contributed by atoms with Crippen molar-refractivity contribution in [1.82, 2.24) is 5.32 Å². The maximum Gasteiger partial charge on any atom is 0.326 e. The number of hydrogen-bond acceptors (Lipinski definition) is 6. The van der Waals surface area contributed by atoms with Gasteiger partial charge in [-0.15, -0.1) is 0 Å². The van der Waals surface area contributed by atoms with Crippen molar-refractivity contribution in [3.63, 3.8) is 0 Å². The van der Waals surface area contributed by atoms with Gasteiger partial charge in [0.1, 0.15) is 5.54 Å². The van der Waals surface area contributed by atoms with E-state index in [9.17, 15) is 9.90 Å². The van der Waals surface area contributed by atoms with Gasteiger partial charge in [-0.2, -0.15) is 11.8 Å². The minimum atomic E-state index is -0.774. The summed E-state index contributed by atoms with van der Waals surface area (Å²) in [6, 6.07) is 0.155. The molecule has 0 heterocycles. The summed E-state index contributed by atoms with van der Waals surface area (Å²) in [5.41, 5.74) is -0.774. The van der Waals surface area contributed by atoms with E-state index in [0.29, 0.717) is 18.1 Å². The lowest BCUT2D eigenvalue weighted by molar-refractivity contribution is -0.149. The van der Waals surface area contributed by atoms with E-state index < -0.39 is 11.6 Å². The van der Waals surface area contributed by atoms with E-state index in [1.807, 2.05) is 13.8 Å². The fourth-order valence-corrected chi connectivity index (χ4v) is 2.64. The number of ether oxygens (including phenoxy) is 1. The number of esters is 1. The number of aliphatic hydroxyl groups is 2. The molecule has 0 spiro atoms. The van der Waals surface area contributed by atoms with Gasteiger partial charge in [-0.1, -0.05) is 0 Å². The molecule has 0 rings (SSSR count). The highest BCUT2D eigenvalue weighted by atomic mass is 32.2. The Balaban J connectivity index is 4.42. The zero-order valence-corrected chi connectivity index (χ0v) is 12.4. The van der Waals surface area contributed by atoms with Crippen molar-refractivity contribution in [2.75, 3.05) is 24.7 Å². The van der Waals surface area contributed by atoms with Crippen LogP contribution >= 0.6 is 11.8 Å². The largest absolute Gasteiger partial charge is 0.465 e. The van der Waals surface area contributed by atoms with Gasteiger partial charge in [-0.05, 0) is 27.7 Å². The van der Waals surface area contributed by atoms with Crippen LogP contribution in [0, 0.1) is 0 Å². The normalized spacial score (nSPS) is 16.4. The van der Waals surface area contributed by atoms with Crippen LogP contribution in [0.5, 0.6) is 0 Å². The van der Waals surface area contributed by atoms with E-state index in [0.717, 1.165) is 0 Å². The molecule has 0 amide bonds. The third-order valence-electron chi connectivity index (χ3n) is 2.24. The van der Waals surface area contributed by atoms with E-state index in [-0.39, 0.29) is 18.6 Å². The number of nitrogens with one attached hydrogen (secondary N) is 1. The van der Waals surface area contributed by atoms with E-state index in [4.69, 9.17) is 9.84 Å². The zero-order chi connectivity index (χ0) is 14.2. The molecule has 0 radical (unpaired) electrons. The molecule has 0 aromatic rings. The third kappa shape index (κ3) is 6.58. The van der Waals surface area contributed by atoms with Crippen molar-refractivity contribution in [1.29, 1.82) is 0 Å². The molecular weight excluding hydrogens is 254 g/mol. The first-order chi connectivity index (χ1) is 8.35. The summed E-state index contributed by atoms with van der Waals surface area (Å²) < 4.78 is 5.07. The van der Waals surface area contributed by atoms with E-state index in [1.165, 1.54) is 11.8 Å². The minimum Gasteiger partial charge on any atom is -0.465 e. The van der Waals surface area contributed by atoms with Gasteiger partial charge in [-0.3, -0.25) is 10.1 Å². The molecule has 2 atom stereocenters. The highest BCUT2D eigenvalue weighted by molar-refractivity contribution is 7.99. The van der Waals surface area contributed by atoms with E-state index in [1.54, 1.807) is 13.8 Å². The molecule has 0 fully saturated rings. The molecule has 0 bridgehead atoms. The lowest BCUT2D eigenvalue weighted by atomic mass is 10.0. The molecule has 6 heteroatoms. The quantitative estimate of drug-likeness (QED) is 0.530. The minimum absolute atomic E-state index is 0.155. The zero-order valence-electron chi connectivity index (χ0n) is 11.6. The summed E-state index contributed by atoms with van der Waals surface area (Å²) in [7, 11) is 0. The maximum absolute atomic E-state index is 11.9. The second kappa shape index (κ2) is 8.74. The average molecular weight is 279 g/mol. The van der Waals surface area contributed by atoms with Gasteiger partial charge >= 0.3 is 5.97 Å². The molecule has 2 unspecified atom stereocenters. The molecule has 108 valence electrons. The standard InChI is InChI=1S/C12H25NO4S/c1-5-17-11(16)12(4,13-9(2)3)8-18-7-10(15)6-14/h9-10,13-15H,5-8H2,1-4H3. The first kappa shape index (κ1) is 17.7. The average Bonchev–Trinajstić information content (AvgIpc) is 2.28. The highest BCUT2D eigenvalue weighted by Gasteiger charge is 2.35. The topological polar surface area (TPSA) is 78.8 Å². The van der Waals surface area contributed by atoms with Gasteiger partial charge in [0, 0.05) is 17.5 Å². The second-order valence-corrected chi connectivity index (χ2v) is 5.73. The Hall–Kier alpha value is -0.300. The molecule has 0 aromatic carbocycles. The van der Waals surface area contributed by atoms with Crippen molar-refractivity contribution >= 4 is 17.7 Å². The summed E-state index contributed by atoms with van der Waals surface area (Å²) in [5.74, 6) is 0.594. The summed E-state index contributed by atoms with van der Waals surface area (Å²) in [6.45, 7) is 7.58. The van der Waals surface area contributed by atoms with Gasteiger partial charge in [0.05, 0.1) is 19.3 Å². The number of hydrogen-bond donors (Lipinski definition) is 3. The Kier molecular flexibility index (Phi) is 8.60. The molecule has 0 aliphatic heterocycles. The molecule has 0 aliphatic carbocycles. The fraction of sp³-hybridized carbons (Fsp3) is 0.917. The smallest absolute Gasteiger partial charge is 0.326 e. The summed E-state index contributed by atoms with van der Waals surface area (Å²) in [6.07, 6.45) is -0.750. The first-order valence-electron chi connectivity index (χ1n) is 6.17. The van der Waals surface area contributed by atoms with Gasteiger partial charge in [0.15, 0.2) is 0 Å². The van der Waals surface area contributed by atoms with Crippen molar-refractivity contribution in [2.45, 2.75) is 45.4 Å². The van der Waals surface area contributed by atoms with Crippen LogP contribution in [0.15, 0.2) is 0 Å². The van der Waals surface area contributed by atoms with Crippen molar-refractivity contribution in [3.8, 4) is 0 Å². The predicted molar refractivity (Wildman–Crippen MR) is 73.7 cm³/mol. The molecule has 5 nitrogen and oxygen atoms in total. The molecule has 0 aromatic heterocycles. The number of carbonyl (C=O) groups excluding carboxylic acids is 1. The number of aliphatic hydroxyl groups excluding tert-OH is 2. The van der Waals surface area contributed by atoms with Crippen LogP contribution in [0.2, 0.25) is 0 Å². The van der Waals surface area contributed by atoms with Gasteiger partial charge in [0.2, 0.25) is 0 Å². The van der Waals surface area contributed by atoms with Crippen LogP contribution in [0.25, 0.3) is 0 Å². The van der Waals surface area contributed by atoms with Crippen molar-refractivity contribution in [3.05, 3.63) is 0 Å². The van der Waals surface area contributed by atoms with Gasteiger partial charge in [-0.25, -0.2) is 0 Å². The molecule has 0 aliphatic rings. The Bertz CT molecular complexity index is 250. The van der Waals surface area contributed by atoms with Crippen LogP contribution < -0.4 is 5.32 Å². The van der Waals surface area contributed by atoms with E-state index >= 15 is 0 Å². The van der Waals surface area contributed by atoms with Crippen molar-refractivity contribution < 1.29 is 19.7 Å². The molecular formula is C12H25NO4S. The Morgan fingerprint density at radius 2 is 2.11 bits per heavy atom. The highest BCUT2D eigenvalue weighted by Crippen LogP contribution is 2.17. The maximum atomic E-state index is 11.9. The molecule has 0 saturated carbocycles. The van der Waals surface area contributed by atoms with Crippen LogP contribution in [-0.4, -0.2) is 58.6 Å². The predicted octanol–water partition coefficient (Wildman–Crippen LogP) is 0.393. The monoisotopic (exact) mass is 279 g/mol. The third-order valence-corrected chi connectivity index (χ3v) is 3.65. The summed E-state index contributed by atoms with van der Waals surface area (Å²) in [5, 5.41) is 21.2. The molecule has 18 heavy (non-hydrogen) atoms. The van der Waals surface area contributed by atoms with Crippen molar-refractivity contribution in [2.24, 2.45) is 0 Å². The number of thioether (sulfide) groups is 1. The molecule has 0 saturated heterocycles. The van der Waals surface area contributed by atoms with E-state index in [2.05, 4.69) is 5.32 Å². The molecule has 3 N–H and O–H groups in total. The van der Waals surface area contributed by atoms with Crippen LogP contribution in [0.1, 0.15) is 27.7 Å². The Morgan fingerprint density at radius 3 is 2.56 bits per heavy atom. The SMILES string of the molecule is CCOC(=O)C(C)(CSCC(O)CO)NC(C)C. The fourth-order valence-electron chi connectivity index (χ4n) is 1.54. The first-order valence-corrected chi connectivity index (χ1v) is 7.32. The lowest BCUT2D eigenvalue weighted by Gasteiger charge is -2.30. The summed E-state index contributed by atoms with van der Waals surface area (Å²) in [4.78, 5) is 11.9. The Labute approximate surface area is 113 Å². The number of rotatable bonds is 9. The van der Waals surface area contributed by atoms with Crippen LogP contribution in [0.4, 0.5) is 0 Å². The summed E-state index contributed by atoms with van der Waals surface area (Å²) >= 11 is 1.42. The second-order valence-electron chi connectivity index (χ2n) is 4.70. The number of carbonyl (C=O) groups is 1. The Morgan fingerprint density at radius 1 is 1.50 bits per heavy atom. The van der Waals surface area contributed by atoms with Crippen LogP contribution in [0.3, 0.4) is 0 Å². The van der Waals surface area contributed by atoms with Crippen LogP contribution in [-0.2, 0) is 9.53 Å².